The first kappa shape index (κ1) is 10.1. The minimum Gasteiger partial charge on any atom is -0.429 e. The van der Waals surface area contributed by atoms with Gasteiger partial charge in [0.2, 0.25) is 0 Å². The first-order valence-electron chi connectivity index (χ1n) is 5.30. The number of carbonyl (C=O) groups excluding carboxylic acids is 2. The van der Waals surface area contributed by atoms with E-state index < -0.39 is 18.2 Å². The van der Waals surface area contributed by atoms with Crippen LogP contribution in [0.2, 0.25) is 0 Å². The number of allylic oxidation sites excluding steroid dienone is 2. The maximum Gasteiger partial charge on any atom is 0.325 e. The molecular weight excluding hydrogens is 224 g/mol. The summed E-state index contributed by atoms with van der Waals surface area (Å²) in [6.07, 6.45) is -0.505. The van der Waals surface area contributed by atoms with Crippen molar-refractivity contribution in [3.8, 4) is 0 Å². The van der Waals surface area contributed by atoms with Gasteiger partial charge in [-0.05, 0) is 13.8 Å². The number of hydrogen-bond acceptors (Lipinski definition) is 5. The average molecular weight is 236 g/mol. The summed E-state index contributed by atoms with van der Waals surface area (Å²) in [5.74, 6) is 0.393. The Bertz CT molecular complexity index is 496. The van der Waals surface area contributed by atoms with Crippen molar-refractivity contribution < 1.29 is 14.3 Å². The van der Waals surface area contributed by atoms with Crippen LogP contribution in [0.1, 0.15) is 13.8 Å². The highest BCUT2D eigenvalue weighted by Gasteiger charge is 2.52. The third kappa shape index (κ3) is 1.13. The van der Waals surface area contributed by atoms with Gasteiger partial charge >= 0.3 is 6.03 Å². The Hall–Kier alpha value is -2.05. The van der Waals surface area contributed by atoms with E-state index in [9.17, 15) is 9.59 Å². The fourth-order valence-electron chi connectivity index (χ4n) is 2.24. The molecule has 0 radical (unpaired) electrons. The Labute approximate surface area is 97.7 Å². The fourth-order valence-corrected chi connectivity index (χ4v) is 2.24. The minimum atomic E-state index is -0.523. The number of rotatable bonds is 0. The molecule has 1 saturated heterocycles. The molecule has 3 heterocycles. The van der Waals surface area contributed by atoms with Crippen LogP contribution < -0.4 is 5.32 Å². The van der Waals surface area contributed by atoms with Crippen LogP contribution in [-0.4, -0.2) is 47.0 Å². The van der Waals surface area contributed by atoms with Gasteiger partial charge in [-0.3, -0.25) is 15.0 Å². The molecule has 0 aliphatic carbocycles. The van der Waals surface area contributed by atoms with Crippen molar-refractivity contribution in [3.05, 3.63) is 11.5 Å². The Morgan fingerprint density at radius 3 is 2.76 bits per heavy atom. The summed E-state index contributed by atoms with van der Waals surface area (Å²) in [5, 5.41) is 2.30. The van der Waals surface area contributed by atoms with E-state index in [-0.39, 0.29) is 5.91 Å². The van der Waals surface area contributed by atoms with Gasteiger partial charge in [0.25, 0.3) is 11.9 Å². The predicted molar refractivity (Wildman–Crippen MR) is 57.6 cm³/mol. The number of likely N-dealkylation sites (N-methyl/N-ethyl adjacent to an activating group) is 1. The van der Waals surface area contributed by atoms with E-state index in [4.69, 9.17) is 4.74 Å². The number of aliphatic imine (C=N–C) groups is 1. The smallest absolute Gasteiger partial charge is 0.325 e. The molecule has 7 nitrogen and oxygen atoms in total. The number of nitrogens with zero attached hydrogens (tertiary/aromatic N) is 3. The summed E-state index contributed by atoms with van der Waals surface area (Å²) in [6, 6.07) is -0.558. The number of amidine groups is 1. The van der Waals surface area contributed by atoms with Crippen LogP contribution in [0.3, 0.4) is 0 Å². The number of hydrogen-bond donors (Lipinski definition) is 1. The van der Waals surface area contributed by atoms with Crippen LogP contribution in [0.15, 0.2) is 16.4 Å². The van der Waals surface area contributed by atoms with Crippen molar-refractivity contribution in [2.45, 2.75) is 26.1 Å². The first-order chi connectivity index (χ1) is 8.00. The molecule has 3 aliphatic rings. The number of fused-ring (bicyclic) bond motifs is 3. The van der Waals surface area contributed by atoms with Crippen LogP contribution in [0.4, 0.5) is 4.79 Å². The molecule has 7 heteroatoms. The molecule has 2 atom stereocenters. The van der Waals surface area contributed by atoms with Gasteiger partial charge in [0.15, 0.2) is 12.2 Å². The van der Waals surface area contributed by atoms with E-state index in [0.717, 1.165) is 11.5 Å². The van der Waals surface area contributed by atoms with Gasteiger partial charge in [0.05, 0.1) is 5.70 Å². The monoisotopic (exact) mass is 236 g/mol. The number of nitrogens with one attached hydrogen (secondary N) is 1. The Kier molecular flexibility index (Phi) is 1.78. The highest BCUT2D eigenvalue weighted by Crippen LogP contribution is 2.33. The van der Waals surface area contributed by atoms with Crippen molar-refractivity contribution in [1.29, 1.82) is 0 Å². The van der Waals surface area contributed by atoms with Crippen molar-refractivity contribution in [3.63, 3.8) is 0 Å². The molecule has 3 rings (SSSR count). The first-order valence-corrected chi connectivity index (χ1v) is 5.30. The second-order valence-electron chi connectivity index (χ2n) is 4.29. The van der Waals surface area contributed by atoms with Gasteiger partial charge in [-0.15, -0.1) is 0 Å². The quantitative estimate of drug-likeness (QED) is 0.633. The molecule has 0 spiro atoms. The van der Waals surface area contributed by atoms with Crippen LogP contribution in [0.5, 0.6) is 0 Å². The third-order valence-corrected chi connectivity index (χ3v) is 3.34. The lowest BCUT2D eigenvalue weighted by atomic mass is 10.1. The predicted octanol–water partition coefficient (Wildman–Crippen LogP) is -0.184. The number of ether oxygens (including phenoxy) is 1. The maximum absolute atomic E-state index is 11.9. The summed E-state index contributed by atoms with van der Waals surface area (Å²) >= 11 is 0. The molecule has 0 aromatic carbocycles. The molecule has 3 aliphatic heterocycles. The Balaban J connectivity index is 2.03. The van der Waals surface area contributed by atoms with E-state index in [2.05, 4.69) is 10.3 Å². The minimum absolute atomic E-state index is 0.338. The number of imide groups is 1. The average Bonchev–Trinajstić information content (AvgIpc) is 2.75. The molecule has 0 aromatic heterocycles. The lowest BCUT2D eigenvalue weighted by molar-refractivity contribution is -0.126. The van der Waals surface area contributed by atoms with Crippen LogP contribution in [-0.2, 0) is 9.53 Å². The summed E-state index contributed by atoms with van der Waals surface area (Å²) in [5.41, 5.74) is 0.856. The number of amides is 3. The van der Waals surface area contributed by atoms with E-state index in [0.29, 0.717) is 6.02 Å². The van der Waals surface area contributed by atoms with Crippen molar-refractivity contribution in [1.82, 2.24) is 15.1 Å². The molecule has 2 unspecified atom stereocenters. The van der Waals surface area contributed by atoms with Gasteiger partial charge in [-0.25, -0.2) is 9.79 Å². The van der Waals surface area contributed by atoms with Crippen LogP contribution >= 0.6 is 0 Å². The van der Waals surface area contributed by atoms with Gasteiger partial charge in [0.1, 0.15) is 5.76 Å². The normalized spacial score (nSPS) is 31.1. The zero-order valence-electron chi connectivity index (χ0n) is 9.72. The van der Waals surface area contributed by atoms with Gasteiger partial charge in [-0.2, -0.15) is 0 Å². The SMILES string of the molecule is CC1=C(C)N2C(=NC3C2C(=O)NC(=O)N3C)O1. The lowest BCUT2D eigenvalue weighted by Crippen LogP contribution is -2.63. The second-order valence-corrected chi connectivity index (χ2v) is 4.29. The zero-order valence-corrected chi connectivity index (χ0v) is 9.72. The highest BCUT2D eigenvalue weighted by atomic mass is 16.5. The Morgan fingerprint density at radius 1 is 1.35 bits per heavy atom. The molecule has 0 saturated carbocycles. The lowest BCUT2D eigenvalue weighted by Gasteiger charge is -2.34. The number of urea groups is 1. The van der Waals surface area contributed by atoms with Crippen LogP contribution in [0.25, 0.3) is 0 Å². The van der Waals surface area contributed by atoms with Crippen molar-refractivity contribution in [2.75, 3.05) is 7.05 Å². The molecule has 90 valence electrons. The molecule has 0 aromatic rings. The standard InChI is InChI=1S/C10H12N4O3/c1-4-5(2)17-10-11-7-6(14(4)10)8(15)12-9(16)13(7)3/h6-7H,1-3H3,(H,12,15,16). The van der Waals surface area contributed by atoms with Gasteiger partial charge < -0.3 is 9.64 Å². The zero-order chi connectivity index (χ0) is 12.3. The molecule has 1 fully saturated rings. The summed E-state index contributed by atoms with van der Waals surface area (Å²) in [7, 11) is 1.61. The number of carbonyl (C=O) groups is 2. The van der Waals surface area contributed by atoms with E-state index >= 15 is 0 Å². The fraction of sp³-hybridized carbons (Fsp3) is 0.500. The Morgan fingerprint density at radius 2 is 2.06 bits per heavy atom. The summed E-state index contributed by atoms with van der Waals surface area (Å²) in [6.45, 7) is 3.69. The summed E-state index contributed by atoms with van der Waals surface area (Å²) < 4.78 is 5.46. The maximum atomic E-state index is 11.9. The molecule has 3 amide bonds. The van der Waals surface area contributed by atoms with Gasteiger partial charge in [-0.1, -0.05) is 0 Å². The molecule has 17 heavy (non-hydrogen) atoms. The summed E-state index contributed by atoms with van der Waals surface area (Å²) in [4.78, 5) is 30.8. The van der Waals surface area contributed by atoms with E-state index in [1.54, 1.807) is 11.9 Å². The van der Waals surface area contributed by atoms with E-state index in [1.807, 2.05) is 13.8 Å². The molecular formula is C10H12N4O3. The molecule has 0 bridgehead atoms. The third-order valence-electron chi connectivity index (χ3n) is 3.34. The van der Waals surface area contributed by atoms with Gasteiger partial charge in [0, 0.05) is 7.05 Å². The van der Waals surface area contributed by atoms with Crippen LogP contribution in [0, 0.1) is 0 Å². The highest BCUT2D eigenvalue weighted by molar-refractivity contribution is 6.03. The largest absolute Gasteiger partial charge is 0.429 e. The van der Waals surface area contributed by atoms with Crippen molar-refractivity contribution in [2.24, 2.45) is 4.99 Å². The van der Waals surface area contributed by atoms with E-state index in [1.165, 1.54) is 4.90 Å². The van der Waals surface area contributed by atoms with Crippen molar-refractivity contribution >= 4 is 18.0 Å². The molecule has 1 N–H and O–H groups in total. The second kappa shape index (κ2) is 2.99. The topological polar surface area (TPSA) is 74.2 Å².